The van der Waals surface area contributed by atoms with Gasteiger partial charge in [0.25, 0.3) is 5.56 Å². The van der Waals surface area contributed by atoms with Crippen molar-refractivity contribution < 1.29 is 0 Å². The summed E-state index contributed by atoms with van der Waals surface area (Å²) >= 11 is 0. The summed E-state index contributed by atoms with van der Waals surface area (Å²) in [5, 5.41) is 5.55. The van der Waals surface area contributed by atoms with Crippen LogP contribution in [-0.2, 0) is 0 Å². The van der Waals surface area contributed by atoms with Crippen LogP contribution in [0.3, 0.4) is 0 Å². The lowest BCUT2D eigenvalue weighted by Gasteiger charge is -2.06. The third-order valence-electron chi connectivity index (χ3n) is 2.33. The van der Waals surface area contributed by atoms with Gasteiger partial charge in [-0.05, 0) is 11.6 Å². The molecule has 0 aromatic carbocycles. The molecule has 0 unspecified atom stereocenters. The van der Waals surface area contributed by atoms with Gasteiger partial charge in [-0.1, -0.05) is 26.2 Å². The first-order valence-electron chi connectivity index (χ1n) is 5.66. The molecule has 0 aliphatic rings. The Morgan fingerprint density at radius 3 is 2.82 bits per heavy atom. The summed E-state index contributed by atoms with van der Waals surface area (Å²) in [7, 11) is 0. The van der Waals surface area contributed by atoms with Crippen LogP contribution in [0.5, 0.6) is 0 Å². The molecule has 0 radical (unpaired) electrons. The van der Waals surface area contributed by atoms with Gasteiger partial charge in [0.1, 0.15) is 0 Å². The summed E-state index contributed by atoms with van der Waals surface area (Å²) in [6, 6.07) is 0. The first-order chi connectivity index (χ1) is 8.19. The lowest BCUT2D eigenvalue weighted by molar-refractivity contribution is 0.684. The van der Waals surface area contributed by atoms with Gasteiger partial charge in [-0.3, -0.25) is 9.78 Å². The van der Waals surface area contributed by atoms with E-state index in [9.17, 15) is 9.70 Å². The van der Waals surface area contributed by atoms with Crippen LogP contribution in [0.4, 0.5) is 17.5 Å². The minimum absolute atomic E-state index is 0.0292. The summed E-state index contributed by atoms with van der Waals surface area (Å²) in [6.07, 6.45) is 4.34. The molecule has 1 heterocycles. The fraction of sp³-hybridized carbons (Fsp3) is 0.600. The molecule has 0 aliphatic heterocycles. The molecule has 0 saturated heterocycles. The third kappa shape index (κ3) is 3.86. The largest absolute Gasteiger partial charge is 0.369 e. The second-order valence-electron chi connectivity index (χ2n) is 3.73. The van der Waals surface area contributed by atoms with E-state index in [0.29, 0.717) is 6.54 Å². The predicted molar refractivity (Wildman–Crippen MR) is 67.4 cm³/mol. The number of unbranched alkanes of at least 4 members (excludes halogenated alkanes) is 3. The zero-order chi connectivity index (χ0) is 12.7. The number of nitroso groups, excluding NO2 is 1. The number of nitrogens with one attached hydrogen (secondary N) is 2. The minimum atomic E-state index is -0.622. The number of hydrogen-bond acceptors (Lipinski definition) is 6. The molecule has 7 nitrogen and oxygen atoms in total. The number of aromatic amines is 1. The van der Waals surface area contributed by atoms with Crippen molar-refractivity contribution in [2.24, 2.45) is 5.18 Å². The van der Waals surface area contributed by atoms with Crippen LogP contribution in [0, 0.1) is 4.91 Å². The van der Waals surface area contributed by atoms with E-state index in [0.717, 1.165) is 25.7 Å². The van der Waals surface area contributed by atoms with E-state index in [4.69, 9.17) is 5.73 Å². The molecule has 1 aromatic heterocycles. The minimum Gasteiger partial charge on any atom is -0.369 e. The maximum absolute atomic E-state index is 11.3. The van der Waals surface area contributed by atoms with Crippen LogP contribution in [-0.4, -0.2) is 16.5 Å². The van der Waals surface area contributed by atoms with E-state index < -0.39 is 5.56 Å². The van der Waals surface area contributed by atoms with E-state index in [1.54, 1.807) is 0 Å². The molecule has 0 aliphatic carbocycles. The Bertz CT molecular complexity index is 429. The van der Waals surface area contributed by atoms with Crippen molar-refractivity contribution in [3.63, 3.8) is 0 Å². The highest BCUT2D eigenvalue weighted by molar-refractivity contribution is 5.60. The smallest absolute Gasteiger partial charge is 0.284 e. The van der Waals surface area contributed by atoms with Crippen molar-refractivity contribution in [3.05, 3.63) is 15.3 Å². The molecule has 0 amide bonds. The average molecular weight is 239 g/mol. The molecule has 1 rings (SSSR count). The van der Waals surface area contributed by atoms with Crippen molar-refractivity contribution in [2.45, 2.75) is 32.6 Å². The quantitative estimate of drug-likeness (QED) is 0.495. The Kier molecular flexibility index (Phi) is 5.12. The van der Waals surface area contributed by atoms with Gasteiger partial charge in [0.15, 0.2) is 5.82 Å². The van der Waals surface area contributed by atoms with Crippen molar-refractivity contribution in [3.8, 4) is 0 Å². The zero-order valence-electron chi connectivity index (χ0n) is 9.82. The van der Waals surface area contributed by atoms with Gasteiger partial charge in [-0.2, -0.15) is 4.98 Å². The standard InChI is InChI=1S/C10H17N5O2/c1-2-3-4-5-6-12-8-7(15-17)9(16)14-10(11)13-8/h2-6H2,1H3,(H4,11,12,13,14,16). The summed E-state index contributed by atoms with van der Waals surface area (Å²) in [5.41, 5.74) is 4.51. The number of rotatable bonds is 7. The maximum Gasteiger partial charge on any atom is 0.284 e. The number of H-pyrrole nitrogens is 1. The topological polar surface area (TPSA) is 113 Å². The zero-order valence-corrected chi connectivity index (χ0v) is 9.82. The van der Waals surface area contributed by atoms with Crippen LogP contribution < -0.4 is 16.6 Å². The molecule has 17 heavy (non-hydrogen) atoms. The molecule has 0 saturated carbocycles. The monoisotopic (exact) mass is 239 g/mol. The van der Waals surface area contributed by atoms with Gasteiger partial charge in [-0.25, -0.2) is 0 Å². The number of nitrogens with two attached hydrogens (primary N) is 1. The van der Waals surface area contributed by atoms with Crippen molar-refractivity contribution in [2.75, 3.05) is 17.6 Å². The Balaban J connectivity index is 2.63. The second kappa shape index (κ2) is 6.62. The fourth-order valence-corrected chi connectivity index (χ4v) is 1.45. The van der Waals surface area contributed by atoms with Gasteiger partial charge in [0.05, 0.1) is 0 Å². The molecular formula is C10H17N5O2. The van der Waals surface area contributed by atoms with Gasteiger partial charge >= 0.3 is 0 Å². The molecule has 4 N–H and O–H groups in total. The molecule has 94 valence electrons. The highest BCUT2D eigenvalue weighted by Crippen LogP contribution is 2.17. The first kappa shape index (κ1) is 13.1. The van der Waals surface area contributed by atoms with Crippen LogP contribution in [0.2, 0.25) is 0 Å². The number of anilines is 2. The van der Waals surface area contributed by atoms with E-state index in [1.165, 1.54) is 0 Å². The third-order valence-corrected chi connectivity index (χ3v) is 2.33. The van der Waals surface area contributed by atoms with Crippen LogP contribution in [0.1, 0.15) is 32.6 Å². The van der Waals surface area contributed by atoms with Gasteiger partial charge in [0.2, 0.25) is 11.6 Å². The number of aromatic nitrogens is 2. The van der Waals surface area contributed by atoms with Crippen LogP contribution in [0.15, 0.2) is 9.97 Å². The maximum atomic E-state index is 11.3. The fourth-order valence-electron chi connectivity index (χ4n) is 1.45. The van der Waals surface area contributed by atoms with Gasteiger partial charge in [-0.15, -0.1) is 4.91 Å². The van der Waals surface area contributed by atoms with Gasteiger partial charge < -0.3 is 11.1 Å². The van der Waals surface area contributed by atoms with Crippen LogP contribution in [0.25, 0.3) is 0 Å². The second-order valence-corrected chi connectivity index (χ2v) is 3.73. The molecule has 1 aromatic rings. The average Bonchev–Trinajstić information content (AvgIpc) is 2.28. The number of nitrogen functional groups attached to an aromatic ring is 1. The van der Waals surface area contributed by atoms with Crippen molar-refractivity contribution >= 4 is 17.5 Å². The number of nitrogens with zero attached hydrogens (tertiary/aromatic N) is 2. The molecule has 7 heteroatoms. The first-order valence-corrected chi connectivity index (χ1v) is 5.66. The Labute approximate surface area is 98.8 Å². The van der Waals surface area contributed by atoms with Crippen molar-refractivity contribution in [1.29, 1.82) is 0 Å². The lowest BCUT2D eigenvalue weighted by atomic mass is 10.2. The molecule has 0 fully saturated rings. The molecular weight excluding hydrogens is 222 g/mol. The highest BCUT2D eigenvalue weighted by Gasteiger charge is 2.10. The normalized spacial score (nSPS) is 10.2. The van der Waals surface area contributed by atoms with E-state index in [-0.39, 0.29) is 17.5 Å². The summed E-state index contributed by atoms with van der Waals surface area (Å²) in [4.78, 5) is 27.9. The molecule has 0 atom stereocenters. The predicted octanol–water partition coefficient (Wildman–Crippen LogP) is 1.74. The Hall–Kier alpha value is -1.92. The summed E-state index contributed by atoms with van der Waals surface area (Å²) in [5.74, 6) is 0.121. The summed E-state index contributed by atoms with van der Waals surface area (Å²) in [6.45, 7) is 2.76. The van der Waals surface area contributed by atoms with Crippen molar-refractivity contribution in [1.82, 2.24) is 9.97 Å². The SMILES string of the molecule is CCCCCCNc1nc(N)[nH]c(=O)c1N=O. The number of hydrogen-bond donors (Lipinski definition) is 3. The van der Waals surface area contributed by atoms with Gasteiger partial charge in [0, 0.05) is 6.54 Å². The lowest BCUT2D eigenvalue weighted by Crippen LogP contribution is -2.15. The van der Waals surface area contributed by atoms with E-state index in [2.05, 4.69) is 27.4 Å². The van der Waals surface area contributed by atoms with E-state index in [1.807, 2.05) is 0 Å². The van der Waals surface area contributed by atoms with E-state index >= 15 is 0 Å². The highest BCUT2D eigenvalue weighted by atomic mass is 16.3. The molecule has 0 spiro atoms. The molecule has 0 bridgehead atoms. The Morgan fingerprint density at radius 2 is 2.18 bits per heavy atom. The Morgan fingerprint density at radius 1 is 1.41 bits per heavy atom. The van der Waals surface area contributed by atoms with Crippen LogP contribution >= 0.6 is 0 Å². The summed E-state index contributed by atoms with van der Waals surface area (Å²) < 4.78 is 0.